The summed E-state index contributed by atoms with van der Waals surface area (Å²) in [7, 11) is 1.35. The fourth-order valence-electron chi connectivity index (χ4n) is 1.43. The Morgan fingerprint density at radius 1 is 1.35 bits per heavy atom. The molecule has 3 N–H and O–H groups in total. The van der Waals surface area contributed by atoms with E-state index in [0.717, 1.165) is 5.56 Å². The summed E-state index contributed by atoms with van der Waals surface area (Å²) in [5, 5.41) is 3.05. The molecule has 0 aliphatic heterocycles. The first-order valence-corrected chi connectivity index (χ1v) is 5.30. The zero-order valence-corrected chi connectivity index (χ0v) is 9.73. The molecule has 1 aromatic rings. The van der Waals surface area contributed by atoms with Gasteiger partial charge >= 0.3 is 5.97 Å². The zero-order chi connectivity index (χ0) is 12.7. The smallest absolute Gasteiger partial charge is 0.306 e. The molecule has 0 aliphatic carbocycles. The second-order valence-corrected chi connectivity index (χ2v) is 3.52. The third kappa shape index (κ3) is 4.24. The van der Waals surface area contributed by atoms with E-state index in [4.69, 9.17) is 5.73 Å². The zero-order valence-electron chi connectivity index (χ0n) is 9.73. The van der Waals surface area contributed by atoms with Crippen LogP contribution in [0.3, 0.4) is 0 Å². The lowest BCUT2D eigenvalue weighted by atomic mass is 10.1. The highest BCUT2D eigenvalue weighted by Gasteiger charge is 2.06. The van der Waals surface area contributed by atoms with Gasteiger partial charge in [0.25, 0.3) is 0 Å². The highest BCUT2D eigenvalue weighted by Crippen LogP contribution is 2.07. The summed E-state index contributed by atoms with van der Waals surface area (Å²) in [6.07, 6.45) is 0.301. The maximum atomic E-state index is 11.1. The number of ether oxygens (including phenoxy) is 1. The van der Waals surface area contributed by atoms with E-state index >= 15 is 0 Å². The molecule has 1 aromatic carbocycles. The summed E-state index contributed by atoms with van der Waals surface area (Å²) in [6, 6.07) is 7.10. The van der Waals surface area contributed by atoms with E-state index in [1.807, 2.05) is 12.1 Å². The number of esters is 1. The van der Waals surface area contributed by atoms with Gasteiger partial charge in [0.15, 0.2) is 0 Å². The number of nitrogens with two attached hydrogens (primary N) is 1. The van der Waals surface area contributed by atoms with E-state index in [1.165, 1.54) is 7.11 Å². The molecule has 0 spiro atoms. The van der Waals surface area contributed by atoms with Crippen LogP contribution in [0.2, 0.25) is 0 Å². The van der Waals surface area contributed by atoms with Gasteiger partial charge in [-0.25, -0.2) is 0 Å². The molecule has 0 saturated heterocycles. The third-order valence-electron chi connectivity index (χ3n) is 2.33. The van der Waals surface area contributed by atoms with Crippen LogP contribution < -0.4 is 11.1 Å². The van der Waals surface area contributed by atoms with E-state index in [2.05, 4.69) is 10.1 Å². The van der Waals surface area contributed by atoms with Crippen LogP contribution in [0, 0.1) is 0 Å². The minimum Gasteiger partial charge on any atom is -0.469 e. The van der Waals surface area contributed by atoms with Crippen LogP contribution in [-0.4, -0.2) is 25.5 Å². The number of carbonyl (C=O) groups excluding carboxylic acids is 2. The Bertz CT molecular complexity index is 404. The SMILES string of the molecule is COC(=O)CCNCc1ccccc1C(N)=O. The monoisotopic (exact) mass is 236 g/mol. The van der Waals surface area contributed by atoms with Crippen LogP contribution in [0.25, 0.3) is 0 Å². The second kappa shape index (κ2) is 6.65. The molecule has 5 nitrogen and oxygen atoms in total. The van der Waals surface area contributed by atoms with E-state index in [-0.39, 0.29) is 5.97 Å². The fourth-order valence-corrected chi connectivity index (χ4v) is 1.43. The average molecular weight is 236 g/mol. The van der Waals surface area contributed by atoms with Crippen LogP contribution in [0.4, 0.5) is 0 Å². The summed E-state index contributed by atoms with van der Waals surface area (Å²) < 4.78 is 4.51. The molecule has 92 valence electrons. The van der Waals surface area contributed by atoms with Gasteiger partial charge in [-0.1, -0.05) is 18.2 Å². The molecule has 0 saturated carbocycles. The van der Waals surface area contributed by atoms with Crippen molar-refractivity contribution in [3.05, 3.63) is 35.4 Å². The van der Waals surface area contributed by atoms with Crippen molar-refractivity contribution in [2.75, 3.05) is 13.7 Å². The van der Waals surface area contributed by atoms with Crippen molar-refractivity contribution in [1.29, 1.82) is 0 Å². The summed E-state index contributed by atoms with van der Waals surface area (Å²) in [5.74, 6) is -0.712. The number of hydrogen-bond donors (Lipinski definition) is 2. The van der Waals surface area contributed by atoms with Crippen LogP contribution in [0.5, 0.6) is 0 Å². The van der Waals surface area contributed by atoms with Gasteiger partial charge < -0.3 is 15.8 Å². The van der Waals surface area contributed by atoms with Crippen molar-refractivity contribution >= 4 is 11.9 Å². The molecule has 0 radical (unpaired) electrons. The van der Waals surface area contributed by atoms with Crippen LogP contribution in [0.1, 0.15) is 22.3 Å². The quantitative estimate of drug-likeness (QED) is 0.554. The van der Waals surface area contributed by atoms with Crippen molar-refractivity contribution < 1.29 is 14.3 Å². The van der Waals surface area contributed by atoms with E-state index in [0.29, 0.717) is 25.1 Å². The molecule has 1 amide bonds. The molecule has 0 bridgehead atoms. The number of amides is 1. The lowest BCUT2D eigenvalue weighted by Crippen LogP contribution is -2.21. The Hall–Kier alpha value is -1.88. The van der Waals surface area contributed by atoms with Crippen LogP contribution in [-0.2, 0) is 16.1 Å². The standard InChI is InChI=1S/C12H16N2O3/c1-17-11(15)6-7-14-8-9-4-2-3-5-10(9)12(13)16/h2-5,14H,6-8H2,1H3,(H2,13,16). The summed E-state index contributed by atoms with van der Waals surface area (Å²) in [6.45, 7) is 0.996. The Labute approximate surface area is 99.9 Å². The van der Waals surface area contributed by atoms with Gasteiger partial charge in [-0.05, 0) is 11.6 Å². The molecule has 5 heteroatoms. The van der Waals surface area contributed by atoms with Gasteiger partial charge in [-0.3, -0.25) is 9.59 Å². The molecular formula is C12H16N2O3. The number of benzene rings is 1. The maximum absolute atomic E-state index is 11.1. The lowest BCUT2D eigenvalue weighted by molar-refractivity contribution is -0.140. The molecule has 1 rings (SSSR count). The number of methoxy groups -OCH3 is 1. The van der Waals surface area contributed by atoms with Crippen molar-refractivity contribution in [3.63, 3.8) is 0 Å². The Kier molecular flexibility index (Phi) is 5.16. The summed E-state index contributed by atoms with van der Waals surface area (Å²) in [4.78, 5) is 22.0. The van der Waals surface area contributed by atoms with Crippen LogP contribution >= 0.6 is 0 Å². The Balaban J connectivity index is 2.46. The Morgan fingerprint density at radius 3 is 2.71 bits per heavy atom. The van der Waals surface area contributed by atoms with Crippen molar-refractivity contribution in [1.82, 2.24) is 5.32 Å². The van der Waals surface area contributed by atoms with E-state index < -0.39 is 5.91 Å². The van der Waals surface area contributed by atoms with Crippen LogP contribution in [0.15, 0.2) is 24.3 Å². The largest absolute Gasteiger partial charge is 0.469 e. The molecule has 0 aliphatic rings. The van der Waals surface area contributed by atoms with E-state index in [1.54, 1.807) is 12.1 Å². The highest BCUT2D eigenvalue weighted by atomic mass is 16.5. The first-order valence-electron chi connectivity index (χ1n) is 5.30. The predicted molar refractivity (Wildman–Crippen MR) is 63.3 cm³/mol. The molecule has 17 heavy (non-hydrogen) atoms. The van der Waals surface area contributed by atoms with Crippen molar-refractivity contribution in [2.45, 2.75) is 13.0 Å². The summed E-state index contributed by atoms with van der Waals surface area (Å²) >= 11 is 0. The molecule has 0 unspecified atom stereocenters. The molecular weight excluding hydrogens is 220 g/mol. The van der Waals surface area contributed by atoms with Gasteiger partial charge in [0.2, 0.25) is 5.91 Å². The molecule has 0 heterocycles. The maximum Gasteiger partial charge on any atom is 0.306 e. The average Bonchev–Trinajstić information content (AvgIpc) is 2.34. The van der Waals surface area contributed by atoms with Gasteiger partial charge in [0.05, 0.1) is 13.5 Å². The first-order chi connectivity index (χ1) is 8.15. The number of rotatable bonds is 6. The third-order valence-corrected chi connectivity index (χ3v) is 2.33. The van der Waals surface area contributed by atoms with Gasteiger partial charge in [-0.15, -0.1) is 0 Å². The lowest BCUT2D eigenvalue weighted by Gasteiger charge is -2.07. The highest BCUT2D eigenvalue weighted by molar-refractivity contribution is 5.94. The minimum absolute atomic E-state index is 0.263. The topological polar surface area (TPSA) is 81.4 Å². The first kappa shape index (κ1) is 13.2. The molecule has 0 fully saturated rings. The minimum atomic E-state index is -0.449. The van der Waals surface area contributed by atoms with Gasteiger partial charge in [-0.2, -0.15) is 0 Å². The molecule has 0 aromatic heterocycles. The van der Waals surface area contributed by atoms with Crippen molar-refractivity contribution in [3.8, 4) is 0 Å². The number of carbonyl (C=O) groups is 2. The van der Waals surface area contributed by atoms with Gasteiger partial charge in [0, 0.05) is 18.7 Å². The predicted octanol–water partition coefficient (Wildman–Crippen LogP) is 0.438. The number of nitrogens with one attached hydrogen (secondary N) is 1. The van der Waals surface area contributed by atoms with Crippen molar-refractivity contribution in [2.24, 2.45) is 5.73 Å². The molecule has 0 atom stereocenters. The number of primary amides is 1. The Morgan fingerprint density at radius 2 is 2.06 bits per heavy atom. The normalized spacial score (nSPS) is 9.94. The second-order valence-electron chi connectivity index (χ2n) is 3.52. The summed E-state index contributed by atoms with van der Waals surface area (Å²) in [5.41, 5.74) is 6.57. The number of hydrogen-bond acceptors (Lipinski definition) is 4. The van der Waals surface area contributed by atoms with Gasteiger partial charge in [0.1, 0.15) is 0 Å². The van der Waals surface area contributed by atoms with E-state index in [9.17, 15) is 9.59 Å². The fraction of sp³-hybridized carbons (Fsp3) is 0.333.